The predicted molar refractivity (Wildman–Crippen MR) is 66.2 cm³/mol. The van der Waals surface area contributed by atoms with Crippen molar-refractivity contribution >= 4 is 11.0 Å². The summed E-state index contributed by atoms with van der Waals surface area (Å²) in [6, 6.07) is 2.10. The minimum atomic E-state index is -0.226. The van der Waals surface area contributed by atoms with Gasteiger partial charge in [-0.05, 0) is 62.9 Å². The number of hydrogen-bond acceptors (Lipinski definition) is 2. The van der Waals surface area contributed by atoms with Crippen LogP contribution in [0, 0.1) is 34.6 Å². The SMILES string of the molecule is Cc1cc2c(C)c(C)c(=O)oc2c(C)c1C. The smallest absolute Gasteiger partial charge is 0.339 e. The van der Waals surface area contributed by atoms with Gasteiger partial charge in [-0.3, -0.25) is 0 Å². The lowest BCUT2D eigenvalue weighted by Crippen LogP contribution is -2.07. The van der Waals surface area contributed by atoms with Gasteiger partial charge in [-0.1, -0.05) is 0 Å². The largest absolute Gasteiger partial charge is 0.422 e. The first-order valence-electron chi connectivity index (χ1n) is 5.44. The van der Waals surface area contributed by atoms with Crippen molar-refractivity contribution < 1.29 is 4.42 Å². The first-order valence-corrected chi connectivity index (χ1v) is 5.44. The quantitative estimate of drug-likeness (QED) is 0.632. The third kappa shape index (κ3) is 1.37. The highest BCUT2D eigenvalue weighted by Crippen LogP contribution is 2.26. The van der Waals surface area contributed by atoms with Crippen molar-refractivity contribution in [3.63, 3.8) is 0 Å². The van der Waals surface area contributed by atoms with Gasteiger partial charge >= 0.3 is 5.63 Å². The van der Waals surface area contributed by atoms with Crippen LogP contribution in [-0.2, 0) is 0 Å². The normalized spacial score (nSPS) is 11.1. The van der Waals surface area contributed by atoms with Crippen molar-refractivity contribution in [3.05, 3.63) is 44.3 Å². The average Bonchev–Trinajstić information content (AvgIpc) is 2.25. The Hall–Kier alpha value is -1.57. The predicted octanol–water partition coefficient (Wildman–Crippen LogP) is 3.34. The van der Waals surface area contributed by atoms with Gasteiger partial charge in [0, 0.05) is 10.9 Å². The molecule has 0 saturated heterocycles. The minimum Gasteiger partial charge on any atom is -0.422 e. The third-order valence-corrected chi connectivity index (χ3v) is 3.57. The van der Waals surface area contributed by atoms with Crippen LogP contribution >= 0.6 is 0 Å². The average molecular weight is 216 g/mol. The summed E-state index contributed by atoms with van der Waals surface area (Å²) in [5.41, 5.74) is 5.73. The fourth-order valence-electron chi connectivity index (χ4n) is 1.99. The van der Waals surface area contributed by atoms with E-state index >= 15 is 0 Å². The number of aryl methyl sites for hydroxylation is 3. The zero-order chi connectivity index (χ0) is 12.0. The Morgan fingerprint density at radius 3 is 2.12 bits per heavy atom. The van der Waals surface area contributed by atoms with E-state index in [2.05, 4.69) is 19.9 Å². The van der Waals surface area contributed by atoms with E-state index in [1.54, 1.807) is 0 Å². The fraction of sp³-hybridized carbons (Fsp3) is 0.357. The summed E-state index contributed by atoms with van der Waals surface area (Å²) in [7, 11) is 0. The highest BCUT2D eigenvalue weighted by atomic mass is 16.4. The molecular formula is C14H16O2. The zero-order valence-corrected chi connectivity index (χ0v) is 10.4. The van der Waals surface area contributed by atoms with Crippen LogP contribution in [0.15, 0.2) is 15.3 Å². The Morgan fingerprint density at radius 1 is 0.875 bits per heavy atom. The van der Waals surface area contributed by atoms with Gasteiger partial charge in [0.05, 0.1) is 0 Å². The summed E-state index contributed by atoms with van der Waals surface area (Å²) in [5.74, 6) is 0. The number of hydrogen-bond donors (Lipinski definition) is 0. The highest BCUT2D eigenvalue weighted by Gasteiger charge is 2.12. The van der Waals surface area contributed by atoms with Crippen LogP contribution in [0.25, 0.3) is 11.0 Å². The molecule has 2 heteroatoms. The molecule has 0 saturated carbocycles. The summed E-state index contributed by atoms with van der Waals surface area (Å²) in [6.45, 7) is 9.93. The first-order chi connectivity index (χ1) is 7.43. The van der Waals surface area contributed by atoms with Crippen LogP contribution in [0.1, 0.15) is 27.8 Å². The van der Waals surface area contributed by atoms with Crippen LogP contribution in [0.4, 0.5) is 0 Å². The van der Waals surface area contributed by atoms with Crippen LogP contribution < -0.4 is 5.63 Å². The maximum absolute atomic E-state index is 11.6. The van der Waals surface area contributed by atoms with Gasteiger partial charge in [-0.15, -0.1) is 0 Å². The standard InChI is InChI=1S/C14H16O2/c1-7-6-12-9(3)11(5)14(15)16-13(12)10(4)8(7)2/h6H,1-5H3. The molecule has 0 bridgehead atoms. The maximum atomic E-state index is 11.6. The van der Waals surface area contributed by atoms with Gasteiger partial charge in [0.2, 0.25) is 0 Å². The summed E-state index contributed by atoms with van der Waals surface area (Å²) in [4.78, 5) is 11.6. The molecule has 0 unspecified atom stereocenters. The maximum Gasteiger partial charge on any atom is 0.339 e. The van der Waals surface area contributed by atoms with E-state index in [9.17, 15) is 4.79 Å². The number of fused-ring (bicyclic) bond motifs is 1. The van der Waals surface area contributed by atoms with Crippen LogP contribution in [-0.4, -0.2) is 0 Å². The molecular weight excluding hydrogens is 200 g/mol. The molecule has 0 aliphatic carbocycles. The highest BCUT2D eigenvalue weighted by molar-refractivity contribution is 5.85. The summed E-state index contributed by atoms with van der Waals surface area (Å²) in [6.07, 6.45) is 0. The lowest BCUT2D eigenvalue weighted by molar-refractivity contribution is 0.551. The number of benzene rings is 1. The fourth-order valence-corrected chi connectivity index (χ4v) is 1.99. The van der Waals surface area contributed by atoms with E-state index in [-0.39, 0.29) is 5.63 Å². The van der Waals surface area contributed by atoms with Crippen molar-refractivity contribution in [1.82, 2.24) is 0 Å². The molecule has 0 spiro atoms. The van der Waals surface area contributed by atoms with E-state index in [1.807, 2.05) is 20.8 Å². The molecule has 0 amide bonds. The molecule has 1 aromatic carbocycles. The second-order valence-electron chi connectivity index (χ2n) is 4.46. The van der Waals surface area contributed by atoms with E-state index < -0.39 is 0 Å². The van der Waals surface area contributed by atoms with Crippen LogP contribution in [0.3, 0.4) is 0 Å². The Bertz CT molecular complexity index is 633. The summed E-state index contributed by atoms with van der Waals surface area (Å²) < 4.78 is 5.38. The van der Waals surface area contributed by atoms with Crippen LogP contribution in [0.2, 0.25) is 0 Å². The molecule has 1 heterocycles. The molecule has 1 aromatic heterocycles. The van der Waals surface area contributed by atoms with Gasteiger partial charge in [0.25, 0.3) is 0 Å². The monoisotopic (exact) mass is 216 g/mol. The lowest BCUT2D eigenvalue weighted by Gasteiger charge is -2.11. The first kappa shape index (κ1) is 10.9. The van der Waals surface area contributed by atoms with Crippen molar-refractivity contribution in [2.45, 2.75) is 34.6 Å². The summed E-state index contributed by atoms with van der Waals surface area (Å²) >= 11 is 0. The van der Waals surface area contributed by atoms with Gasteiger partial charge in [-0.2, -0.15) is 0 Å². The molecule has 0 radical (unpaired) electrons. The van der Waals surface area contributed by atoms with E-state index in [0.717, 1.165) is 22.1 Å². The number of rotatable bonds is 0. The zero-order valence-electron chi connectivity index (χ0n) is 10.4. The Morgan fingerprint density at radius 2 is 1.50 bits per heavy atom. The molecule has 2 rings (SSSR count). The second-order valence-corrected chi connectivity index (χ2v) is 4.46. The summed E-state index contributed by atoms with van der Waals surface area (Å²) in [5, 5.41) is 1.05. The molecule has 16 heavy (non-hydrogen) atoms. The van der Waals surface area contributed by atoms with Gasteiger partial charge in [0.1, 0.15) is 5.58 Å². The van der Waals surface area contributed by atoms with Crippen molar-refractivity contribution in [1.29, 1.82) is 0 Å². The van der Waals surface area contributed by atoms with E-state index in [0.29, 0.717) is 5.56 Å². The van der Waals surface area contributed by atoms with Gasteiger partial charge in [-0.25, -0.2) is 4.79 Å². The van der Waals surface area contributed by atoms with Crippen LogP contribution in [0.5, 0.6) is 0 Å². The van der Waals surface area contributed by atoms with E-state index in [1.165, 1.54) is 11.1 Å². The lowest BCUT2D eigenvalue weighted by atomic mass is 9.97. The Labute approximate surface area is 94.9 Å². The third-order valence-electron chi connectivity index (χ3n) is 3.57. The molecule has 0 aliphatic heterocycles. The molecule has 84 valence electrons. The van der Waals surface area contributed by atoms with Crippen molar-refractivity contribution in [3.8, 4) is 0 Å². The molecule has 0 fully saturated rings. The molecule has 2 aromatic rings. The molecule has 0 atom stereocenters. The second kappa shape index (κ2) is 3.48. The van der Waals surface area contributed by atoms with Gasteiger partial charge < -0.3 is 4.42 Å². The topological polar surface area (TPSA) is 30.2 Å². The molecule has 2 nitrogen and oxygen atoms in total. The van der Waals surface area contributed by atoms with Crippen molar-refractivity contribution in [2.75, 3.05) is 0 Å². The molecule has 0 aliphatic rings. The Kier molecular flexibility index (Phi) is 2.38. The van der Waals surface area contributed by atoms with E-state index in [4.69, 9.17) is 4.42 Å². The Balaban J connectivity index is 3.08. The van der Waals surface area contributed by atoms with Crippen molar-refractivity contribution in [2.24, 2.45) is 0 Å². The van der Waals surface area contributed by atoms with Gasteiger partial charge in [0.15, 0.2) is 0 Å². The molecule has 0 N–H and O–H groups in total. The minimum absolute atomic E-state index is 0.226.